The SMILES string of the molecule is COC(C)(C)CCOC(=O)c1cc(F)cc(N)c1F. The van der Waals surface area contributed by atoms with Crippen LogP contribution >= 0.6 is 0 Å². The predicted octanol–water partition coefficient (Wildman–Crippen LogP) is 2.52. The Morgan fingerprint density at radius 3 is 2.58 bits per heavy atom. The number of rotatable bonds is 5. The molecule has 0 heterocycles. The maximum Gasteiger partial charge on any atom is 0.341 e. The molecule has 0 aliphatic carbocycles. The van der Waals surface area contributed by atoms with Crippen LogP contribution in [-0.2, 0) is 9.47 Å². The molecule has 4 nitrogen and oxygen atoms in total. The normalized spacial score (nSPS) is 11.4. The fourth-order valence-electron chi connectivity index (χ4n) is 1.33. The molecule has 0 aliphatic heterocycles. The lowest BCUT2D eigenvalue weighted by Gasteiger charge is -2.22. The molecule has 2 N–H and O–H groups in total. The highest BCUT2D eigenvalue weighted by Gasteiger charge is 2.20. The largest absolute Gasteiger partial charge is 0.462 e. The summed E-state index contributed by atoms with van der Waals surface area (Å²) in [6.45, 7) is 3.68. The molecule has 1 aromatic carbocycles. The number of halogens is 2. The van der Waals surface area contributed by atoms with Crippen molar-refractivity contribution in [1.29, 1.82) is 0 Å². The van der Waals surface area contributed by atoms with Crippen molar-refractivity contribution in [2.24, 2.45) is 0 Å². The van der Waals surface area contributed by atoms with Crippen LogP contribution in [0.15, 0.2) is 12.1 Å². The molecule has 1 aromatic rings. The van der Waals surface area contributed by atoms with Crippen molar-refractivity contribution in [2.45, 2.75) is 25.9 Å². The summed E-state index contributed by atoms with van der Waals surface area (Å²) >= 11 is 0. The number of hydrogen-bond donors (Lipinski definition) is 1. The molecule has 0 fully saturated rings. The first-order chi connectivity index (χ1) is 8.76. The minimum atomic E-state index is -0.975. The highest BCUT2D eigenvalue weighted by atomic mass is 19.1. The average Bonchev–Trinajstić information content (AvgIpc) is 2.33. The van der Waals surface area contributed by atoms with Gasteiger partial charge in [0.05, 0.1) is 17.9 Å². The summed E-state index contributed by atoms with van der Waals surface area (Å²) in [6.07, 6.45) is 0.432. The van der Waals surface area contributed by atoms with E-state index >= 15 is 0 Å². The van der Waals surface area contributed by atoms with E-state index in [9.17, 15) is 13.6 Å². The van der Waals surface area contributed by atoms with Crippen LogP contribution in [0.1, 0.15) is 30.6 Å². The van der Waals surface area contributed by atoms with Crippen molar-refractivity contribution in [1.82, 2.24) is 0 Å². The van der Waals surface area contributed by atoms with Gasteiger partial charge in [-0.1, -0.05) is 0 Å². The molecule has 0 unspecified atom stereocenters. The van der Waals surface area contributed by atoms with Gasteiger partial charge >= 0.3 is 5.97 Å². The predicted molar refractivity (Wildman–Crippen MR) is 66.8 cm³/mol. The van der Waals surface area contributed by atoms with Crippen LogP contribution in [0.5, 0.6) is 0 Å². The molecule has 6 heteroatoms. The number of nitrogens with two attached hydrogens (primary N) is 1. The first-order valence-corrected chi connectivity index (χ1v) is 5.73. The van der Waals surface area contributed by atoms with Crippen LogP contribution in [0.4, 0.5) is 14.5 Å². The van der Waals surface area contributed by atoms with Gasteiger partial charge in [0.1, 0.15) is 11.4 Å². The van der Waals surface area contributed by atoms with Crippen LogP contribution < -0.4 is 5.73 Å². The lowest BCUT2D eigenvalue weighted by Crippen LogP contribution is -2.25. The number of ether oxygens (including phenoxy) is 2. The fraction of sp³-hybridized carbons (Fsp3) is 0.462. The van der Waals surface area contributed by atoms with Gasteiger partial charge in [0.25, 0.3) is 0 Å². The van der Waals surface area contributed by atoms with Crippen LogP contribution in [0.3, 0.4) is 0 Å². The van der Waals surface area contributed by atoms with E-state index in [0.29, 0.717) is 6.42 Å². The highest BCUT2D eigenvalue weighted by molar-refractivity contribution is 5.90. The van der Waals surface area contributed by atoms with Gasteiger partial charge < -0.3 is 15.2 Å². The van der Waals surface area contributed by atoms with Crippen LogP contribution in [0.25, 0.3) is 0 Å². The summed E-state index contributed by atoms with van der Waals surface area (Å²) in [5.74, 6) is -2.71. The third-order valence-electron chi connectivity index (χ3n) is 2.78. The molecule has 0 aromatic heterocycles. The van der Waals surface area contributed by atoms with Crippen molar-refractivity contribution in [2.75, 3.05) is 19.5 Å². The van der Waals surface area contributed by atoms with E-state index in [1.807, 2.05) is 13.8 Å². The molecule has 0 aliphatic rings. The molecular formula is C13H17F2NO3. The van der Waals surface area contributed by atoms with E-state index < -0.39 is 34.5 Å². The van der Waals surface area contributed by atoms with Crippen molar-refractivity contribution in [3.63, 3.8) is 0 Å². The van der Waals surface area contributed by atoms with Gasteiger partial charge in [-0.3, -0.25) is 0 Å². The zero-order valence-corrected chi connectivity index (χ0v) is 11.1. The number of hydrogen-bond acceptors (Lipinski definition) is 4. The summed E-state index contributed by atoms with van der Waals surface area (Å²) in [6, 6.07) is 1.57. The molecule has 1 rings (SSSR count). The van der Waals surface area contributed by atoms with Gasteiger partial charge in [-0.2, -0.15) is 0 Å². The van der Waals surface area contributed by atoms with Crippen LogP contribution in [0.2, 0.25) is 0 Å². The number of anilines is 1. The van der Waals surface area contributed by atoms with E-state index in [1.54, 1.807) is 0 Å². The van der Waals surface area contributed by atoms with E-state index in [4.69, 9.17) is 15.2 Å². The van der Waals surface area contributed by atoms with Gasteiger partial charge in [0.15, 0.2) is 5.82 Å². The molecule has 0 saturated carbocycles. The number of carbonyl (C=O) groups is 1. The second-order valence-electron chi connectivity index (χ2n) is 4.71. The van der Waals surface area contributed by atoms with E-state index in [-0.39, 0.29) is 6.61 Å². The molecule has 19 heavy (non-hydrogen) atoms. The molecule has 0 bridgehead atoms. The maximum atomic E-state index is 13.5. The summed E-state index contributed by atoms with van der Waals surface area (Å²) in [5.41, 5.74) is 3.84. The highest BCUT2D eigenvalue weighted by Crippen LogP contribution is 2.19. The number of carbonyl (C=O) groups excluding carboxylic acids is 1. The lowest BCUT2D eigenvalue weighted by atomic mass is 10.1. The molecule has 0 radical (unpaired) electrons. The Kier molecular flexibility index (Phi) is 4.83. The summed E-state index contributed by atoms with van der Waals surface area (Å²) in [7, 11) is 1.54. The van der Waals surface area contributed by atoms with E-state index in [2.05, 4.69) is 0 Å². The molecule has 0 spiro atoms. The number of benzene rings is 1. The quantitative estimate of drug-likeness (QED) is 0.661. The standard InChI is InChI=1S/C13H17F2NO3/c1-13(2,18-3)4-5-19-12(17)9-6-8(14)7-10(16)11(9)15/h6-7H,4-5,16H2,1-3H3. The Morgan fingerprint density at radius 1 is 1.37 bits per heavy atom. The maximum absolute atomic E-state index is 13.5. The minimum absolute atomic E-state index is 0.0372. The molecule has 0 atom stereocenters. The minimum Gasteiger partial charge on any atom is -0.462 e. The summed E-state index contributed by atoms with van der Waals surface area (Å²) in [5, 5.41) is 0. The van der Waals surface area contributed by atoms with Crippen LogP contribution in [-0.4, -0.2) is 25.3 Å². The number of methoxy groups -OCH3 is 1. The Balaban J connectivity index is 2.69. The molecular weight excluding hydrogens is 256 g/mol. The summed E-state index contributed by atoms with van der Waals surface area (Å²) < 4.78 is 36.6. The second kappa shape index (κ2) is 5.97. The lowest BCUT2D eigenvalue weighted by molar-refractivity contribution is -0.00576. The molecule has 0 saturated heterocycles. The Hall–Kier alpha value is -1.69. The second-order valence-corrected chi connectivity index (χ2v) is 4.71. The monoisotopic (exact) mass is 273 g/mol. The third-order valence-corrected chi connectivity index (χ3v) is 2.78. The van der Waals surface area contributed by atoms with Crippen molar-refractivity contribution in [3.05, 3.63) is 29.3 Å². The van der Waals surface area contributed by atoms with Crippen molar-refractivity contribution in [3.8, 4) is 0 Å². The first-order valence-electron chi connectivity index (χ1n) is 5.73. The van der Waals surface area contributed by atoms with Crippen molar-refractivity contribution >= 4 is 11.7 Å². The number of nitrogen functional groups attached to an aromatic ring is 1. The Morgan fingerprint density at radius 2 is 2.00 bits per heavy atom. The van der Waals surface area contributed by atoms with Crippen LogP contribution in [0, 0.1) is 11.6 Å². The van der Waals surface area contributed by atoms with E-state index in [0.717, 1.165) is 12.1 Å². The van der Waals surface area contributed by atoms with E-state index in [1.165, 1.54) is 7.11 Å². The zero-order valence-electron chi connectivity index (χ0n) is 11.1. The van der Waals surface area contributed by atoms with Gasteiger partial charge in [-0.05, 0) is 26.0 Å². The Labute approximate surface area is 110 Å². The topological polar surface area (TPSA) is 61.5 Å². The first kappa shape index (κ1) is 15.4. The third kappa shape index (κ3) is 4.17. The average molecular weight is 273 g/mol. The molecule has 0 amide bonds. The van der Waals surface area contributed by atoms with Gasteiger partial charge in [-0.25, -0.2) is 13.6 Å². The Bertz CT molecular complexity index is 475. The smallest absolute Gasteiger partial charge is 0.341 e. The van der Waals surface area contributed by atoms with Crippen molar-refractivity contribution < 1.29 is 23.0 Å². The summed E-state index contributed by atoms with van der Waals surface area (Å²) in [4.78, 5) is 11.6. The number of esters is 1. The van der Waals surface area contributed by atoms with Gasteiger partial charge in [0.2, 0.25) is 0 Å². The molecule has 106 valence electrons. The zero-order chi connectivity index (χ0) is 14.6. The van der Waals surface area contributed by atoms with Gasteiger partial charge in [-0.15, -0.1) is 0 Å². The fourth-order valence-corrected chi connectivity index (χ4v) is 1.33. The van der Waals surface area contributed by atoms with Gasteiger partial charge in [0, 0.05) is 13.5 Å².